The van der Waals surface area contributed by atoms with Crippen molar-refractivity contribution in [1.82, 2.24) is 5.32 Å². The Labute approximate surface area is 106 Å². The summed E-state index contributed by atoms with van der Waals surface area (Å²) in [5.74, 6) is -6.05. The maximum absolute atomic E-state index is 13.7. The van der Waals surface area contributed by atoms with E-state index in [4.69, 9.17) is 4.74 Å². The van der Waals surface area contributed by atoms with Crippen LogP contribution in [0.4, 0.5) is 22.4 Å². The molecule has 0 aromatic heterocycles. The Morgan fingerprint density at radius 2 is 1.74 bits per heavy atom. The number of cyclic esters (lactones) is 1. The van der Waals surface area contributed by atoms with Gasteiger partial charge in [-0.2, -0.15) is 0 Å². The molecule has 0 radical (unpaired) electrons. The third-order valence-corrected chi connectivity index (χ3v) is 3.05. The third kappa shape index (κ3) is 2.24. The third-order valence-electron chi connectivity index (χ3n) is 3.05. The van der Waals surface area contributed by atoms with E-state index in [2.05, 4.69) is 5.32 Å². The fraction of sp³-hybridized carbons (Fsp3) is 0.417. The molecule has 1 aromatic carbocycles. The van der Waals surface area contributed by atoms with Crippen LogP contribution in [0.1, 0.15) is 25.5 Å². The first-order valence-electron chi connectivity index (χ1n) is 5.50. The molecule has 1 N–H and O–H groups in total. The summed E-state index contributed by atoms with van der Waals surface area (Å²) in [5, 5.41) is 2.18. The largest absolute Gasteiger partial charge is 0.449 e. The molecule has 2 rings (SSSR count). The molecule has 3 nitrogen and oxygen atoms in total. The second-order valence-corrected chi connectivity index (χ2v) is 5.02. The van der Waals surface area contributed by atoms with Gasteiger partial charge in [-0.25, -0.2) is 22.4 Å². The van der Waals surface area contributed by atoms with Gasteiger partial charge in [-0.05, 0) is 0 Å². The Balaban J connectivity index is 2.59. The number of hydrogen-bond donors (Lipinski definition) is 1. The van der Waals surface area contributed by atoms with Crippen LogP contribution < -0.4 is 5.32 Å². The lowest BCUT2D eigenvalue weighted by atomic mass is 9.80. The van der Waals surface area contributed by atoms with Gasteiger partial charge in [-0.3, -0.25) is 0 Å². The minimum atomic E-state index is -1.51. The molecule has 1 aliphatic heterocycles. The van der Waals surface area contributed by atoms with Gasteiger partial charge in [0.15, 0.2) is 23.3 Å². The van der Waals surface area contributed by atoms with Gasteiger partial charge < -0.3 is 10.1 Å². The highest BCUT2D eigenvalue weighted by Gasteiger charge is 2.42. The molecule has 1 fully saturated rings. The molecule has 19 heavy (non-hydrogen) atoms. The van der Waals surface area contributed by atoms with Crippen molar-refractivity contribution in [1.29, 1.82) is 0 Å². The monoisotopic (exact) mass is 277 g/mol. The number of rotatable bonds is 1. The summed E-state index contributed by atoms with van der Waals surface area (Å²) in [5.41, 5.74) is -1.75. The molecule has 1 aromatic rings. The van der Waals surface area contributed by atoms with E-state index in [1.165, 1.54) is 0 Å². The van der Waals surface area contributed by atoms with Crippen LogP contribution in [0.2, 0.25) is 0 Å². The first kappa shape index (κ1) is 13.6. The number of ether oxygens (including phenoxy) is 1. The van der Waals surface area contributed by atoms with E-state index in [1.807, 2.05) is 0 Å². The molecule has 0 bridgehead atoms. The van der Waals surface area contributed by atoms with Crippen molar-refractivity contribution in [3.05, 3.63) is 34.9 Å². The Bertz CT molecular complexity index is 519. The zero-order chi connectivity index (χ0) is 14.4. The normalized spacial score (nSPS) is 21.8. The van der Waals surface area contributed by atoms with Crippen molar-refractivity contribution >= 4 is 6.09 Å². The van der Waals surface area contributed by atoms with E-state index in [0.717, 1.165) is 0 Å². The van der Waals surface area contributed by atoms with E-state index in [9.17, 15) is 22.4 Å². The van der Waals surface area contributed by atoms with Crippen molar-refractivity contribution in [3.63, 3.8) is 0 Å². The van der Waals surface area contributed by atoms with Crippen molar-refractivity contribution in [2.45, 2.75) is 19.9 Å². The number of alkyl carbamates (subject to hydrolysis) is 1. The van der Waals surface area contributed by atoms with E-state index in [0.29, 0.717) is 0 Å². The number of hydrogen-bond acceptors (Lipinski definition) is 2. The maximum Gasteiger partial charge on any atom is 0.407 e. The molecule has 1 aliphatic rings. The molecule has 104 valence electrons. The van der Waals surface area contributed by atoms with Crippen molar-refractivity contribution in [2.24, 2.45) is 5.41 Å². The summed E-state index contributed by atoms with van der Waals surface area (Å²) in [6, 6.07) is -1.10. The molecule has 1 amide bonds. The first-order chi connectivity index (χ1) is 8.74. The zero-order valence-electron chi connectivity index (χ0n) is 10.2. The molecule has 0 aliphatic carbocycles. The van der Waals surface area contributed by atoms with Gasteiger partial charge in [0.2, 0.25) is 0 Å². The SMILES string of the molecule is CC1(C)COC(=O)N[C@@H]1c1c(F)c(F)cc(F)c1F. The van der Waals surface area contributed by atoms with Crippen LogP contribution in [0.3, 0.4) is 0 Å². The van der Waals surface area contributed by atoms with Crippen LogP contribution in [-0.2, 0) is 4.74 Å². The van der Waals surface area contributed by atoms with Gasteiger partial charge in [0.1, 0.15) is 6.61 Å². The Hall–Kier alpha value is -1.79. The molecule has 7 heteroatoms. The predicted molar refractivity (Wildman–Crippen MR) is 57.3 cm³/mol. The van der Waals surface area contributed by atoms with Gasteiger partial charge in [0.05, 0.1) is 11.6 Å². The van der Waals surface area contributed by atoms with E-state index in [1.54, 1.807) is 13.8 Å². The molecule has 1 saturated heterocycles. The van der Waals surface area contributed by atoms with Gasteiger partial charge in [-0.1, -0.05) is 13.8 Å². The Kier molecular flexibility index (Phi) is 3.15. The Morgan fingerprint density at radius 3 is 2.26 bits per heavy atom. The number of nitrogens with one attached hydrogen (secondary N) is 1. The highest BCUT2D eigenvalue weighted by atomic mass is 19.2. The Morgan fingerprint density at radius 1 is 1.21 bits per heavy atom. The number of halogens is 4. The summed E-state index contributed by atoms with van der Waals surface area (Å²) in [6.45, 7) is 2.98. The minimum absolute atomic E-state index is 0.124. The van der Waals surface area contributed by atoms with Gasteiger partial charge in [-0.15, -0.1) is 0 Å². The van der Waals surface area contributed by atoms with Crippen LogP contribution in [0.5, 0.6) is 0 Å². The van der Waals surface area contributed by atoms with Crippen molar-refractivity contribution < 1.29 is 27.1 Å². The smallest absolute Gasteiger partial charge is 0.407 e. The topological polar surface area (TPSA) is 38.3 Å². The predicted octanol–water partition coefficient (Wildman–Crippen LogP) is 3.05. The van der Waals surface area contributed by atoms with E-state index < -0.39 is 46.4 Å². The van der Waals surface area contributed by atoms with E-state index in [-0.39, 0.29) is 12.7 Å². The maximum atomic E-state index is 13.7. The van der Waals surface area contributed by atoms with Crippen LogP contribution in [-0.4, -0.2) is 12.7 Å². The van der Waals surface area contributed by atoms with Crippen molar-refractivity contribution in [2.75, 3.05) is 6.61 Å². The quantitative estimate of drug-likeness (QED) is 0.633. The fourth-order valence-corrected chi connectivity index (χ4v) is 2.00. The molecule has 1 atom stereocenters. The van der Waals surface area contributed by atoms with Crippen LogP contribution in [0.15, 0.2) is 6.07 Å². The summed E-state index contributed by atoms with van der Waals surface area (Å²) in [6.07, 6.45) is -0.896. The number of amides is 1. The molecule has 0 spiro atoms. The number of carbonyl (C=O) groups excluding carboxylic acids is 1. The average molecular weight is 277 g/mol. The lowest BCUT2D eigenvalue weighted by Crippen LogP contribution is -2.47. The lowest BCUT2D eigenvalue weighted by molar-refractivity contribution is 0.0362. The average Bonchev–Trinajstić information content (AvgIpc) is 2.32. The summed E-state index contributed by atoms with van der Waals surface area (Å²) < 4.78 is 58.5. The molecule has 1 heterocycles. The highest BCUT2D eigenvalue weighted by Crippen LogP contribution is 2.39. The standard InChI is InChI=1S/C12H11F4NO2/c1-12(2)4-19-11(18)17-10(12)7-8(15)5(13)3-6(14)9(7)16/h3,10H,4H2,1-2H3,(H,17,18)/t10-/m1/s1. The number of benzene rings is 1. The molecule has 0 unspecified atom stereocenters. The summed E-state index contributed by atoms with van der Waals surface area (Å²) in [7, 11) is 0. The van der Waals surface area contributed by atoms with Gasteiger partial charge in [0.25, 0.3) is 0 Å². The highest BCUT2D eigenvalue weighted by molar-refractivity contribution is 5.69. The summed E-state index contributed by atoms with van der Waals surface area (Å²) >= 11 is 0. The second-order valence-electron chi connectivity index (χ2n) is 5.02. The molecular weight excluding hydrogens is 266 g/mol. The lowest BCUT2D eigenvalue weighted by Gasteiger charge is -2.38. The first-order valence-corrected chi connectivity index (χ1v) is 5.50. The molecule has 0 saturated carbocycles. The molecular formula is C12H11F4NO2. The van der Waals surface area contributed by atoms with Gasteiger partial charge >= 0.3 is 6.09 Å². The zero-order valence-corrected chi connectivity index (χ0v) is 10.2. The number of carbonyl (C=O) groups is 1. The second kappa shape index (κ2) is 4.40. The fourth-order valence-electron chi connectivity index (χ4n) is 2.00. The van der Waals surface area contributed by atoms with Gasteiger partial charge in [0, 0.05) is 11.5 Å². The van der Waals surface area contributed by atoms with Crippen molar-refractivity contribution in [3.8, 4) is 0 Å². The summed E-state index contributed by atoms with van der Waals surface area (Å²) in [4.78, 5) is 11.2. The van der Waals surface area contributed by atoms with Crippen LogP contribution >= 0.6 is 0 Å². The van der Waals surface area contributed by atoms with Crippen LogP contribution in [0, 0.1) is 28.7 Å². The van der Waals surface area contributed by atoms with E-state index >= 15 is 0 Å². The van der Waals surface area contributed by atoms with Crippen LogP contribution in [0.25, 0.3) is 0 Å². The minimum Gasteiger partial charge on any atom is -0.449 e.